The van der Waals surface area contributed by atoms with Crippen molar-refractivity contribution in [2.45, 2.75) is 6.92 Å². The van der Waals surface area contributed by atoms with E-state index in [2.05, 4.69) is 21.2 Å². The average molecular weight is 360 g/mol. The summed E-state index contributed by atoms with van der Waals surface area (Å²) in [6.45, 7) is 1.51. The highest BCUT2D eigenvalue weighted by Crippen LogP contribution is 2.24. The van der Waals surface area contributed by atoms with Gasteiger partial charge in [-0.25, -0.2) is 4.79 Å². The zero-order valence-corrected chi connectivity index (χ0v) is 13.0. The molecule has 1 unspecified atom stereocenters. The molecule has 0 saturated carbocycles. The highest BCUT2D eigenvalue weighted by atomic mass is 79.9. The van der Waals surface area contributed by atoms with E-state index in [0.29, 0.717) is 4.47 Å². The normalized spacial score (nSPS) is 11.6. The van der Waals surface area contributed by atoms with Gasteiger partial charge in [-0.05, 0) is 6.07 Å². The zero-order valence-electron chi connectivity index (χ0n) is 11.4. The van der Waals surface area contributed by atoms with Crippen molar-refractivity contribution in [2.24, 2.45) is 5.92 Å². The molecule has 0 aliphatic rings. The number of urea groups is 1. The Hall–Kier alpha value is -2.16. The fraction of sp³-hybridized carbons (Fsp3) is 0.333. The fourth-order valence-corrected chi connectivity index (χ4v) is 2.02. The lowest BCUT2D eigenvalue weighted by atomic mass is 10.2. The first-order valence-corrected chi connectivity index (χ1v) is 6.70. The van der Waals surface area contributed by atoms with E-state index in [1.165, 1.54) is 37.1 Å². The number of carbonyl (C=O) groups is 2. The van der Waals surface area contributed by atoms with E-state index in [1.807, 2.05) is 0 Å². The molecule has 0 fully saturated rings. The number of nitrogens with one attached hydrogen (secondary N) is 1. The number of carboxylic acid groups (broad SMARTS) is 1. The maximum absolute atomic E-state index is 11.9. The van der Waals surface area contributed by atoms with Gasteiger partial charge in [-0.15, -0.1) is 0 Å². The Morgan fingerprint density at radius 2 is 2.10 bits per heavy atom. The van der Waals surface area contributed by atoms with Crippen LogP contribution in [-0.4, -0.2) is 40.5 Å². The summed E-state index contributed by atoms with van der Waals surface area (Å²) in [5.74, 6) is -1.72. The number of non-ortho nitro benzene ring substituents is 1. The molecule has 2 N–H and O–H groups in total. The number of hydrogen-bond acceptors (Lipinski definition) is 4. The molecule has 0 aromatic heterocycles. The highest BCUT2D eigenvalue weighted by molar-refractivity contribution is 9.10. The van der Waals surface area contributed by atoms with Crippen molar-refractivity contribution in [3.63, 3.8) is 0 Å². The molecule has 1 atom stereocenters. The molecule has 21 heavy (non-hydrogen) atoms. The highest BCUT2D eigenvalue weighted by Gasteiger charge is 2.18. The molecule has 8 nitrogen and oxygen atoms in total. The number of benzene rings is 1. The van der Waals surface area contributed by atoms with Crippen LogP contribution in [0.5, 0.6) is 0 Å². The van der Waals surface area contributed by atoms with Crippen molar-refractivity contribution in [3.8, 4) is 0 Å². The second-order valence-corrected chi connectivity index (χ2v) is 5.42. The largest absolute Gasteiger partial charge is 0.481 e. The molecule has 1 rings (SSSR count). The van der Waals surface area contributed by atoms with Crippen molar-refractivity contribution in [2.75, 3.05) is 18.9 Å². The van der Waals surface area contributed by atoms with Crippen LogP contribution in [0, 0.1) is 16.0 Å². The van der Waals surface area contributed by atoms with E-state index in [4.69, 9.17) is 5.11 Å². The van der Waals surface area contributed by atoms with Gasteiger partial charge in [0.05, 0.1) is 16.5 Å². The summed E-state index contributed by atoms with van der Waals surface area (Å²) in [5, 5.41) is 22.0. The smallest absolute Gasteiger partial charge is 0.321 e. The summed E-state index contributed by atoms with van der Waals surface area (Å²) in [4.78, 5) is 34.0. The Balaban J connectivity index is 2.79. The molecule has 9 heteroatoms. The van der Waals surface area contributed by atoms with Gasteiger partial charge in [0.25, 0.3) is 5.69 Å². The third kappa shape index (κ3) is 5.03. The summed E-state index contributed by atoms with van der Waals surface area (Å²) in [7, 11) is 1.45. The monoisotopic (exact) mass is 359 g/mol. The Morgan fingerprint density at radius 1 is 1.48 bits per heavy atom. The number of hydrogen-bond donors (Lipinski definition) is 2. The van der Waals surface area contributed by atoms with Crippen LogP contribution in [0.1, 0.15) is 6.92 Å². The molecule has 114 valence electrons. The number of nitro benzene ring substituents is 1. The fourth-order valence-electron chi connectivity index (χ4n) is 1.54. The quantitative estimate of drug-likeness (QED) is 0.619. The number of carbonyl (C=O) groups excluding carboxylic acids is 1. The number of rotatable bonds is 5. The van der Waals surface area contributed by atoms with Gasteiger partial charge in [0.1, 0.15) is 0 Å². The summed E-state index contributed by atoms with van der Waals surface area (Å²) < 4.78 is 0.452. The van der Waals surface area contributed by atoms with Gasteiger partial charge in [-0.2, -0.15) is 0 Å². The Morgan fingerprint density at radius 3 is 2.62 bits per heavy atom. The Bertz CT molecular complexity index is 578. The van der Waals surface area contributed by atoms with Crippen molar-refractivity contribution in [1.29, 1.82) is 0 Å². The van der Waals surface area contributed by atoms with Crippen LogP contribution in [0.25, 0.3) is 0 Å². The van der Waals surface area contributed by atoms with Crippen molar-refractivity contribution in [3.05, 3.63) is 32.8 Å². The number of nitro groups is 1. The lowest BCUT2D eigenvalue weighted by Crippen LogP contribution is -2.36. The number of nitrogens with zero attached hydrogens (tertiary/aromatic N) is 2. The zero-order chi connectivity index (χ0) is 16.2. The third-order valence-corrected chi connectivity index (χ3v) is 3.12. The molecular formula is C12H14BrN3O5. The third-order valence-electron chi connectivity index (χ3n) is 2.66. The van der Waals surface area contributed by atoms with Crippen LogP contribution in [0.4, 0.5) is 16.2 Å². The number of carboxylic acids is 1. The van der Waals surface area contributed by atoms with Crippen molar-refractivity contribution >= 4 is 39.3 Å². The number of aliphatic carboxylic acids is 1. The van der Waals surface area contributed by atoms with Gasteiger partial charge < -0.3 is 15.3 Å². The van der Waals surface area contributed by atoms with Gasteiger partial charge in [-0.1, -0.05) is 22.9 Å². The predicted molar refractivity (Wildman–Crippen MR) is 79.2 cm³/mol. The van der Waals surface area contributed by atoms with E-state index >= 15 is 0 Å². The van der Waals surface area contributed by atoms with Gasteiger partial charge in [0, 0.05) is 30.2 Å². The van der Waals surface area contributed by atoms with Crippen LogP contribution in [-0.2, 0) is 4.79 Å². The van der Waals surface area contributed by atoms with Crippen LogP contribution in [0.2, 0.25) is 0 Å². The minimum atomic E-state index is -1.01. The Labute approximate surface area is 129 Å². The maximum Gasteiger partial charge on any atom is 0.321 e. The molecule has 1 aromatic carbocycles. The summed E-state index contributed by atoms with van der Waals surface area (Å²) >= 11 is 3.12. The average Bonchev–Trinajstić information content (AvgIpc) is 2.37. The SMILES string of the molecule is CC(CN(C)C(=O)Nc1cc(Br)cc([N+](=O)[O-])c1)C(=O)O. The van der Waals surface area contributed by atoms with Crippen LogP contribution < -0.4 is 5.32 Å². The van der Waals surface area contributed by atoms with Crippen LogP contribution >= 0.6 is 15.9 Å². The van der Waals surface area contributed by atoms with Gasteiger partial charge >= 0.3 is 12.0 Å². The van der Waals surface area contributed by atoms with Gasteiger partial charge in [-0.3, -0.25) is 14.9 Å². The molecule has 0 heterocycles. The van der Waals surface area contributed by atoms with Crippen molar-refractivity contribution in [1.82, 2.24) is 4.90 Å². The Kier molecular flexibility index (Phi) is 5.65. The van der Waals surface area contributed by atoms with E-state index in [1.54, 1.807) is 0 Å². The topological polar surface area (TPSA) is 113 Å². The maximum atomic E-state index is 11.9. The number of anilines is 1. The lowest BCUT2D eigenvalue weighted by molar-refractivity contribution is -0.384. The first kappa shape index (κ1) is 16.9. The number of halogens is 1. The van der Waals surface area contributed by atoms with Gasteiger partial charge in [0.15, 0.2) is 0 Å². The molecular weight excluding hydrogens is 346 g/mol. The molecule has 0 aliphatic heterocycles. The summed E-state index contributed by atoms with van der Waals surface area (Å²) in [6.07, 6.45) is 0. The summed E-state index contributed by atoms with van der Waals surface area (Å²) in [5.41, 5.74) is 0.0807. The molecule has 2 amide bonds. The lowest BCUT2D eigenvalue weighted by Gasteiger charge is -2.20. The van der Waals surface area contributed by atoms with Crippen molar-refractivity contribution < 1.29 is 19.6 Å². The number of amides is 2. The van der Waals surface area contributed by atoms with E-state index in [0.717, 1.165) is 0 Å². The molecule has 0 radical (unpaired) electrons. The molecule has 0 spiro atoms. The second-order valence-electron chi connectivity index (χ2n) is 4.51. The van der Waals surface area contributed by atoms with Crippen LogP contribution in [0.3, 0.4) is 0 Å². The second kappa shape index (κ2) is 7.02. The standard InChI is InChI=1S/C12H14BrN3O5/c1-7(11(17)18)6-15(2)12(19)14-9-3-8(13)4-10(5-9)16(20)21/h3-5,7H,6H2,1-2H3,(H,14,19)(H,17,18). The predicted octanol–water partition coefficient (Wildman–Crippen LogP) is 2.54. The van der Waals surface area contributed by atoms with Gasteiger partial charge in [0.2, 0.25) is 0 Å². The van der Waals surface area contributed by atoms with E-state index in [9.17, 15) is 19.7 Å². The van der Waals surface area contributed by atoms with E-state index < -0.39 is 22.8 Å². The first-order chi connectivity index (χ1) is 9.70. The molecule has 0 bridgehead atoms. The molecule has 0 aliphatic carbocycles. The van der Waals surface area contributed by atoms with Crippen LogP contribution in [0.15, 0.2) is 22.7 Å². The molecule has 0 saturated heterocycles. The first-order valence-electron chi connectivity index (χ1n) is 5.90. The summed E-state index contributed by atoms with van der Waals surface area (Å²) in [6, 6.07) is 3.50. The molecule has 1 aromatic rings. The van der Waals surface area contributed by atoms with E-state index in [-0.39, 0.29) is 17.9 Å². The minimum absolute atomic E-state index is 0.0251. The minimum Gasteiger partial charge on any atom is -0.481 e.